The fourth-order valence-corrected chi connectivity index (χ4v) is 2.89. The fraction of sp³-hybridized carbons (Fsp3) is 0.357. The number of aliphatic carboxylic acids is 1. The Labute approximate surface area is 126 Å². The van der Waals surface area contributed by atoms with E-state index in [4.69, 9.17) is 5.11 Å². The Balaban J connectivity index is 1.94. The molecule has 2 N–H and O–H groups in total. The fourth-order valence-electron chi connectivity index (χ4n) is 2.11. The van der Waals surface area contributed by atoms with E-state index in [1.807, 2.05) is 0 Å². The maximum Gasteiger partial charge on any atom is 0.328 e. The molecule has 1 aromatic rings. The van der Waals surface area contributed by atoms with Crippen LogP contribution in [-0.4, -0.2) is 47.4 Å². The molecular weight excluding hydrogens is 292 g/mol. The summed E-state index contributed by atoms with van der Waals surface area (Å²) in [5.41, 5.74) is 0.504. The molecule has 1 aliphatic heterocycles. The molecule has 1 aliphatic rings. The SMILES string of the molecule is CN1CC(NC(=O)c2csc(C=CC(=O)O)c2)CCC1=O. The van der Waals surface area contributed by atoms with E-state index < -0.39 is 5.97 Å². The van der Waals surface area contributed by atoms with E-state index in [9.17, 15) is 14.4 Å². The number of hydrogen-bond donors (Lipinski definition) is 2. The number of likely N-dealkylation sites (N-methyl/N-ethyl adjacent to an activating group) is 1. The maximum absolute atomic E-state index is 12.1. The van der Waals surface area contributed by atoms with Crippen LogP contribution < -0.4 is 5.32 Å². The van der Waals surface area contributed by atoms with Crippen LogP contribution in [0.1, 0.15) is 28.1 Å². The van der Waals surface area contributed by atoms with E-state index in [1.54, 1.807) is 23.4 Å². The molecular formula is C14H16N2O4S. The predicted octanol–water partition coefficient (Wildman–Crippen LogP) is 1.20. The third kappa shape index (κ3) is 4.16. The van der Waals surface area contributed by atoms with Crippen LogP contribution in [0.25, 0.3) is 6.08 Å². The van der Waals surface area contributed by atoms with Crippen LogP contribution in [0.5, 0.6) is 0 Å². The average Bonchev–Trinajstić information content (AvgIpc) is 2.89. The van der Waals surface area contributed by atoms with Gasteiger partial charge in [-0.15, -0.1) is 11.3 Å². The Kier molecular flexibility index (Phi) is 4.74. The Hall–Kier alpha value is -2.15. The predicted molar refractivity (Wildman–Crippen MR) is 79.1 cm³/mol. The maximum atomic E-state index is 12.1. The molecule has 0 saturated carbocycles. The van der Waals surface area contributed by atoms with Crippen molar-refractivity contribution in [3.05, 3.63) is 28.0 Å². The monoisotopic (exact) mass is 308 g/mol. The Morgan fingerprint density at radius 1 is 1.52 bits per heavy atom. The quantitative estimate of drug-likeness (QED) is 0.818. The zero-order valence-corrected chi connectivity index (χ0v) is 12.4. The first kappa shape index (κ1) is 15.2. The molecule has 0 aliphatic carbocycles. The van der Waals surface area contributed by atoms with Crippen molar-refractivity contribution in [2.24, 2.45) is 0 Å². The molecule has 0 aromatic carbocycles. The molecule has 2 amide bonds. The number of amides is 2. The van der Waals surface area contributed by atoms with Gasteiger partial charge in [0.25, 0.3) is 5.91 Å². The molecule has 21 heavy (non-hydrogen) atoms. The first-order valence-electron chi connectivity index (χ1n) is 6.50. The van der Waals surface area contributed by atoms with Gasteiger partial charge in [0.1, 0.15) is 0 Å². The first-order chi connectivity index (χ1) is 9.95. The smallest absolute Gasteiger partial charge is 0.328 e. The van der Waals surface area contributed by atoms with Gasteiger partial charge in [0, 0.05) is 42.4 Å². The van der Waals surface area contributed by atoms with Crippen molar-refractivity contribution in [3.8, 4) is 0 Å². The highest BCUT2D eigenvalue weighted by molar-refractivity contribution is 7.11. The average molecular weight is 308 g/mol. The molecule has 6 nitrogen and oxygen atoms in total. The number of hydrogen-bond acceptors (Lipinski definition) is 4. The van der Waals surface area contributed by atoms with Gasteiger partial charge in [-0.1, -0.05) is 0 Å². The second-order valence-corrected chi connectivity index (χ2v) is 5.84. The number of piperidine rings is 1. The van der Waals surface area contributed by atoms with Gasteiger partial charge in [-0.25, -0.2) is 4.79 Å². The molecule has 1 unspecified atom stereocenters. The van der Waals surface area contributed by atoms with Crippen LogP contribution in [0.2, 0.25) is 0 Å². The highest BCUT2D eigenvalue weighted by Crippen LogP contribution is 2.17. The molecule has 0 radical (unpaired) electrons. The summed E-state index contributed by atoms with van der Waals surface area (Å²) in [5, 5.41) is 13.1. The van der Waals surface area contributed by atoms with Crippen molar-refractivity contribution < 1.29 is 19.5 Å². The van der Waals surface area contributed by atoms with Crippen LogP contribution in [0.4, 0.5) is 0 Å². The van der Waals surface area contributed by atoms with Crippen molar-refractivity contribution >= 4 is 35.2 Å². The largest absolute Gasteiger partial charge is 0.478 e. The summed E-state index contributed by atoms with van der Waals surface area (Å²) < 4.78 is 0. The summed E-state index contributed by atoms with van der Waals surface area (Å²) in [6, 6.07) is 1.61. The Bertz CT molecular complexity index is 594. The molecule has 0 spiro atoms. The number of rotatable bonds is 4. The van der Waals surface area contributed by atoms with Crippen molar-refractivity contribution in [3.63, 3.8) is 0 Å². The van der Waals surface area contributed by atoms with Gasteiger partial charge in [-0.05, 0) is 18.6 Å². The number of likely N-dealkylation sites (tertiary alicyclic amines) is 1. The third-order valence-corrected chi connectivity index (χ3v) is 4.13. The molecule has 0 bridgehead atoms. The topological polar surface area (TPSA) is 86.7 Å². The summed E-state index contributed by atoms with van der Waals surface area (Å²) in [4.78, 5) is 36.3. The highest BCUT2D eigenvalue weighted by Gasteiger charge is 2.24. The summed E-state index contributed by atoms with van der Waals surface area (Å²) in [6.45, 7) is 0.514. The van der Waals surface area contributed by atoms with Crippen molar-refractivity contribution in [2.45, 2.75) is 18.9 Å². The van der Waals surface area contributed by atoms with Crippen LogP contribution in [0.3, 0.4) is 0 Å². The van der Waals surface area contributed by atoms with Crippen LogP contribution in [0, 0.1) is 0 Å². The van der Waals surface area contributed by atoms with Gasteiger partial charge in [0.15, 0.2) is 0 Å². The van der Waals surface area contributed by atoms with E-state index >= 15 is 0 Å². The van der Waals surface area contributed by atoms with Gasteiger partial charge in [-0.3, -0.25) is 9.59 Å². The second-order valence-electron chi connectivity index (χ2n) is 4.89. The normalized spacial score (nSPS) is 19.0. The summed E-state index contributed by atoms with van der Waals surface area (Å²) in [5.74, 6) is -1.13. The van der Waals surface area contributed by atoms with Crippen LogP contribution >= 0.6 is 11.3 Å². The summed E-state index contributed by atoms with van der Waals surface area (Å²) >= 11 is 1.31. The molecule has 1 saturated heterocycles. The number of nitrogens with one attached hydrogen (secondary N) is 1. The lowest BCUT2D eigenvalue weighted by Crippen LogP contribution is -2.48. The van der Waals surface area contributed by atoms with Gasteiger partial charge in [-0.2, -0.15) is 0 Å². The zero-order chi connectivity index (χ0) is 15.4. The molecule has 112 valence electrons. The van der Waals surface area contributed by atoms with Crippen molar-refractivity contribution in [1.29, 1.82) is 0 Å². The first-order valence-corrected chi connectivity index (χ1v) is 7.38. The van der Waals surface area contributed by atoms with E-state index in [2.05, 4.69) is 5.32 Å². The number of nitrogens with zero attached hydrogens (tertiary/aromatic N) is 1. The van der Waals surface area contributed by atoms with Gasteiger partial charge in [0.2, 0.25) is 5.91 Å². The summed E-state index contributed by atoms with van der Waals surface area (Å²) in [6.07, 6.45) is 3.58. The lowest BCUT2D eigenvalue weighted by Gasteiger charge is -2.30. The zero-order valence-electron chi connectivity index (χ0n) is 11.5. The molecule has 2 rings (SSSR count). The number of carbonyl (C=O) groups excluding carboxylic acids is 2. The minimum Gasteiger partial charge on any atom is -0.478 e. The third-order valence-electron chi connectivity index (χ3n) is 3.23. The van der Waals surface area contributed by atoms with E-state index in [0.29, 0.717) is 29.8 Å². The number of carboxylic acids is 1. The second kappa shape index (κ2) is 6.53. The minimum absolute atomic E-state index is 0.0434. The van der Waals surface area contributed by atoms with Crippen LogP contribution in [-0.2, 0) is 9.59 Å². The Morgan fingerprint density at radius 2 is 2.29 bits per heavy atom. The van der Waals surface area contributed by atoms with E-state index in [1.165, 1.54) is 17.4 Å². The molecule has 2 heterocycles. The van der Waals surface area contributed by atoms with E-state index in [-0.39, 0.29) is 17.9 Å². The van der Waals surface area contributed by atoms with Crippen LogP contribution in [0.15, 0.2) is 17.5 Å². The molecule has 1 atom stereocenters. The lowest BCUT2D eigenvalue weighted by molar-refractivity contribution is -0.132. The standard InChI is InChI=1S/C14H16N2O4S/c1-16-7-10(2-4-12(16)17)15-14(20)9-6-11(21-8-9)3-5-13(18)19/h3,5-6,8,10H,2,4,7H2,1H3,(H,15,20)(H,18,19). The minimum atomic E-state index is -1.02. The number of thiophene rings is 1. The van der Waals surface area contributed by atoms with Crippen molar-refractivity contribution in [1.82, 2.24) is 10.2 Å². The highest BCUT2D eigenvalue weighted by atomic mass is 32.1. The van der Waals surface area contributed by atoms with Crippen molar-refractivity contribution in [2.75, 3.05) is 13.6 Å². The number of carbonyl (C=O) groups is 3. The number of carboxylic acid groups (broad SMARTS) is 1. The van der Waals surface area contributed by atoms with E-state index in [0.717, 1.165) is 6.08 Å². The molecule has 1 fully saturated rings. The molecule has 7 heteroatoms. The summed E-state index contributed by atoms with van der Waals surface area (Å²) in [7, 11) is 1.72. The van der Waals surface area contributed by atoms with Gasteiger partial charge < -0.3 is 15.3 Å². The lowest BCUT2D eigenvalue weighted by atomic mass is 10.1. The van der Waals surface area contributed by atoms with Gasteiger partial charge in [0.05, 0.1) is 5.56 Å². The van der Waals surface area contributed by atoms with Gasteiger partial charge >= 0.3 is 5.97 Å². The Morgan fingerprint density at radius 3 is 2.95 bits per heavy atom. The molecule has 1 aromatic heterocycles.